The molecule has 0 heterocycles. The van der Waals surface area contributed by atoms with Gasteiger partial charge >= 0.3 is 5.97 Å². The number of carbonyl (C=O) groups excluding carboxylic acids is 1. The van der Waals surface area contributed by atoms with E-state index >= 15 is 0 Å². The Morgan fingerprint density at radius 1 is 1.33 bits per heavy atom. The molecule has 0 aromatic heterocycles. The first-order valence-corrected chi connectivity index (χ1v) is 4.93. The first kappa shape index (κ1) is 12.1. The van der Waals surface area contributed by atoms with Crippen molar-refractivity contribution in [2.45, 2.75) is 12.0 Å². The van der Waals surface area contributed by atoms with Crippen molar-refractivity contribution in [2.75, 3.05) is 7.11 Å². The van der Waals surface area contributed by atoms with E-state index in [1.807, 2.05) is 0 Å². The van der Waals surface area contributed by atoms with Gasteiger partial charge in [-0.3, -0.25) is 0 Å². The number of ether oxygens (including phenoxy) is 2. The van der Waals surface area contributed by atoms with Crippen LogP contribution in [0.3, 0.4) is 0 Å². The number of methoxy groups -OCH3 is 1. The highest BCUT2D eigenvalue weighted by molar-refractivity contribution is 6.32. The Balaban J connectivity index is 2.77. The van der Waals surface area contributed by atoms with Crippen LogP contribution in [-0.2, 0) is 9.53 Å². The van der Waals surface area contributed by atoms with Crippen LogP contribution in [0.15, 0.2) is 24.3 Å². The second kappa shape index (κ2) is 4.73. The van der Waals surface area contributed by atoms with Gasteiger partial charge in [0, 0.05) is 11.9 Å². The highest BCUT2D eigenvalue weighted by Crippen LogP contribution is 2.24. The lowest BCUT2D eigenvalue weighted by atomic mass is 10.3. The number of benzene rings is 1. The highest BCUT2D eigenvalue weighted by Gasteiger charge is 2.34. The average molecular weight is 249 g/mol. The molecule has 0 aliphatic carbocycles. The summed E-state index contributed by atoms with van der Waals surface area (Å²) >= 11 is 11.5. The minimum Gasteiger partial charge on any atom is -0.465 e. The minimum atomic E-state index is -1.53. The Hall–Kier alpha value is -0.930. The normalized spacial score (nSPS) is 14.1. The fraction of sp³-hybridized carbons (Fsp3) is 0.300. The molecule has 0 N–H and O–H groups in total. The molecule has 82 valence electrons. The van der Waals surface area contributed by atoms with E-state index in [1.165, 1.54) is 14.0 Å². The van der Waals surface area contributed by atoms with Gasteiger partial charge in [0.25, 0.3) is 5.06 Å². The Labute approximate surface area is 97.9 Å². The first-order valence-electron chi connectivity index (χ1n) is 4.17. The van der Waals surface area contributed by atoms with Crippen LogP contribution in [0.5, 0.6) is 5.75 Å². The number of hydrogen-bond donors (Lipinski definition) is 0. The van der Waals surface area contributed by atoms with Crippen LogP contribution in [0.2, 0.25) is 5.02 Å². The summed E-state index contributed by atoms with van der Waals surface area (Å²) < 4.78 is 9.73. The van der Waals surface area contributed by atoms with Gasteiger partial charge in [-0.1, -0.05) is 23.2 Å². The lowest BCUT2D eigenvalue weighted by Crippen LogP contribution is -2.36. The molecule has 1 rings (SSSR count). The molecule has 5 heteroatoms. The van der Waals surface area contributed by atoms with E-state index in [1.54, 1.807) is 24.3 Å². The number of halogens is 2. The Kier molecular flexibility index (Phi) is 3.83. The van der Waals surface area contributed by atoms with Crippen molar-refractivity contribution in [1.29, 1.82) is 0 Å². The van der Waals surface area contributed by atoms with Crippen molar-refractivity contribution in [3.05, 3.63) is 29.3 Å². The molecule has 0 aliphatic heterocycles. The van der Waals surface area contributed by atoms with Crippen LogP contribution < -0.4 is 4.74 Å². The quantitative estimate of drug-likeness (QED) is 0.610. The molecule has 0 aliphatic rings. The number of esters is 1. The standard InChI is InChI=1S/C10H10Cl2O3/c1-10(12,9(13)14-2)15-8-5-3-7(11)4-6-8/h3-6H,1-2H3. The molecule has 1 aromatic carbocycles. The van der Waals surface area contributed by atoms with Gasteiger partial charge in [0.05, 0.1) is 7.11 Å². The fourth-order valence-corrected chi connectivity index (χ4v) is 1.24. The van der Waals surface area contributed by atoms with Crippen LogP contribution in [-0.4, -0.2) is 18.1 Å². The van der Waals surface area contributed by atoms with Gasteiger partial charge in [-0.05, 0) is 24.3 Å². The summed E-state index contributed by atoms with van der Waals surface area (Å²) in [6.07, 6.45) is 0. The summed E-state index contributed by atoms with van der Waals surface area (Å²) in [7, 11) is 1.24. The molecule has 1 atom stereocenters. The molecule has 0 saturated heterocycles. The van der Waals surface area contributed by atoms with E-state index < -0.39 is 11.0 Å². The van der Waals surface area contributed by atoms with E-state index in [0.717, 1.165) is 0 Å². The molecule has 15 heavy (non-hydrogen) atoms. The third-order valence-corrected chi connectivity index (χ3v) is 2.16. The summed E-state index contributed by atoms with van der Waals surface area (Å²) in [5, 5.41) is -0.945. The molecule has 3 nitrogen and oxygen atoms in total. The molecular formula is C10H10Cl2O3. The van der Waals surface area contributed by atoms with Crippen molar-refractivity contribution in [3.8, 4) is 5.75 Å². The summed E-state index contributed by atoms with van der Waals surface area (Å²) in [6, 6.07) is 6.51. The minimum absolute atomic E-state index is 0.447. The Morgan fingerprint density at radius 3 is 2.33 bits per heavy atom. The predicted octanol–water partition coefficient (Wildman–Crippen LogP) is 2.85. The van der Waals surface area contributed by atoms with Gasteiger partial charge in [-0.15, -0.1) is 0 Å². The molecule has 0 amide bonds. The number of hydrogen-bond acceptors (Lipinski definition) is 3. The molecule has 0 radical (unpaired) electrons. The number of alkyl halides is 1. The third kappa shape index (κ3) is 3.29. The van der Waals surface area contributed by atoms with Crippen molar-refractivity contribution >= 4 is 29.2 Å². The molecule has 1 unspecified atom stereocenters. The van der Waals surface area contributed by atoms with Crippen molar-refractivity contribution in [1.82, 2.24) is 0 Å². The van der Waals surface area contributed by atoms with Gasteiger partial charge in [-0.25, -0.2) is 4.79 Å². The zero-order valence-electron chi connectivity index (χ0n) is 8.29. The molecule has 0 bridgehead atoms. The summed E-state index contributed by atoms with van der Waals surface area (Å²) in [5.41, 5.74) is 0. The number of carbonyl (C=O) groups is 1. The largest absolute Gasteiger partial charge is 0.465 e. The summed E-state index contributed by atoms with van der Waals surface area (Å²) in [4.78, 5) is 11.2. The van der Waals surface area contributed by atoms with Crippen LogP contribution in [0, 0.1) is 0 Å². The smallest absolute Gasteiger partial charge is 0.366 e. The second-order valence-corrected chi connectivity index (χ2v) is 4.12. The van der Waals surface area contributed by atoms with Crippen LogP contribution in [0.4, 0.5) is 0 Å². The van der Waals surface area contributed by atoms with E-state index in [4.69, 9.17) is 27.9 Å². The maximum atomic E-state index is 11.2. The third-order valence-electron chi connectivity index (χ3n) is 1.67. The molecular weight excluding hydrogens is 239 g/mol. The lowest BCUT2D eigenvalue weighted by molar-refractivity contribution is -0.150. The number of rotatable bonds is 3. The van der Waals surface area contributed by atoms with Crippen molar-refractivity contribution < 1.29 is 14.3 Å². The van der Waals surface area contributed by atoms with E-state index in [0.29, 0.717) is 10.8 Å². The molecule has 0 spiro atoms. The van der Waals surface area contributed by atoms with Gasteiger partial charge < -0.3 is 9.47 Å². The van der Waals surface area contributed by atoms with Gasteiger partial charge in [-0.2, -0.15) is 0 Å². The maximum Gasteiger partial charge on any atom is 0.366 e. The summed E-state index contributed by atoms with van der Waals surface area (Å²) in [5.74, 6) is -0.207. The van der Waals surface area contributed by atoms with Gasteiger partial charge in [0.15, 0.2) is 0 Å². The SMILES string of the molecule is COC(=O)C(C)(Cl)Oc1ccc(Cl)cc1. The van der Waals surface area contributed by atoms with E-state index in [9.17, 15) is 4.79 Å². The van der Waals surface area contributed by atoms with Crippen LogP contribution >= 0.6 is 23.2 Å². The van der Waals surface area contributed by atoms with E-state index in [-0.39, 0.29) is 0 Å². The zero-order valence-corrected chi connectivity index (χ0v) is 9.80. The van der Waals surface area contributed by atoms with Crippen LogP contribution in [0.1, 0.15) is 6.92 Å². The van der Waals surface area contributed by atoms with Gasteiger partial charge in [0.2, 0.25) is 0 Å². The second-order valence-electron chi connectivity index (χ2n) is 2.96. The lowest BCUT2D eigenvalue weighted by Gasteiger charge is -2.20. The van der Waals surface area contributed by atoms with Gasteiger partial charge in [0.1, 0.15) is 5.75 Å². The van der Waals surface area contributed by atoms with E-state index in [2.05, 4.69) is 4.74 Å². The van der Waals surface area contributed by atoms with Crippen LogP contribution in [0.25, 0.3) is 0 Å². The van der Waals surface area contributed by atoms with Crippen molar-refractivity contribution in [3.63, 3.8) is 0 Å². The fourth-order valence-electron chi connectivity index (χ4n) is 0.948. The van der Waals surface area contributed by atoms with Crippen molar-refractivity contribution in [2.24, 2.45) is 0 Å². The Bertz CT molecular complexity index is 346. The average Bonchev–Trinajstić information content (AvgIpc) is 2.20. The topological polar surface area (TPSA) is 35.5 Å². The first-order chi connectivity index (χ1) is 6.95. The molecule has 0 fully saturated rings. The summed E-state index contributed by atoms with van der Waals surface area (Å²) in [6.45, 7) is 1.41. The molecule has 0 saturated carbocycles. The zero-order chi connectivity index (χ0) is 11.5. The highest BCUT2D eigenvalue weighted by atomic mass is 35.5. The maximum absolute atomic E-state index is 11.2. The molecule has 1 aromatic rings. The monoisotopic (exact) mass is 248 g/mol. The predicted molar refractivity (Wildman–Crippen MR) is 58.4 cm³/mol. The Morgan fingerprint density at radius 2 is 1.87 bits per heavy atom.